The summed E-state index contributed by atoms with van der Waals surface area (Å²) in [5.41, 5.74) is 19.4. The molecule has 0 amide bonds. The third-order valence-corrected chi connectivity index (χ3v) is 13.4. The molecule has 0 saturated heterocycles. The first-order chi connectivity index (χ1) is 32.1. The number of hydrogen-bond acceptors (Lipinski definition) is 2. The van der Waals surface area contributed by atoms with E-state index in [1.54, 1.807) is 0 Å². The number of anilines is 3. The van der Waals surface area contributed by atoms with Crippen molar-refractivity contribution in [2.24, 2.45) is 0 Å². The van der Waals surface area contributed by atoms with Gasteiger partial charge in [-0.1, -0.05) is 187 Å². The van der Waals surface area contributed by atoms with Gasteiger partial charge in [-0.15, -0.1) is 0 Å². The number of aromatic nitrogens is 2. The summed E-state index contributed by atoms with van der Waals surface area (Å²) in [6.07, 6.45) is 0. The Bertz CT molecular complexity index is 3490. The molecular formula is C62H45N3. The van der Waals surface area contributed by atoms with E-state index < -0.39 is 5.41 Å². The van der Waals surface area contributed by atoms with Gasteiger partial charge in [0.05, 0.1) is 22.1 Å². The van der Waals surface area contributed by atoms with Crippen LogP contribution >= 0.6 is 0 Å². The number of hydrogen-bond donors (Lipinski definition) is 0. The Morgan fingerprint density at radius 3 is 1.69 bits per heavy atom. The molecular weight excluding hydrogens is 787 g/mol. The van der Waals surface area contributed by atoms with Crippen LogP contribution in [0.4, 0.5) is 17.1 Å². The van der Waals surface area contributed by atoms with Gasteiger partial charge in [-0.3, -0.25) is 4.57 Å². The minimum atomic E-state index is -0.547. The molecule has 0 saturated carbocycles. The van der Waals surface area contributed by atoms with Crippen molar-refractivity contribution in [2.75, 3.05) is 4.90 Å². The summed E-state index contributed by atoms with van der Waals surface area (Å²) in [7, 11) is 0. The molecule has 0 fully saturated rings. The first kappa shape index (κ1) is 38.4. The highest BCUT2D eigenvalue weighted by Crippen LogP contribution is 2.57. The molecule has 0 bridgehead atoms. The van der Waals surface area contributed by atoms with Crippen molar-refractivity contribution < 1.29 is 0 Å². The molecule has 3 nitrogen and oxygen atoms in total. The molecule has 1 heterocycles. The Balaban J connectivity index is 1.11. The van der Waals surface area contributed by atoms with Crippen molar-refractivity contribution in [2.45, 2.75) is 19.3 Å². The molecule has 1 aliphatic rings. The molecule has 308 valence electrons. The Morgan fingerprint density at radius 2 is 0.969 bits per heavy atom. The zero-order chi connectivity index (χ0) is 43.5. The van der Waals surface area contributed by atoms with E-state index in [0.29, 0.717) is 0 Å². The molecule has 3 heteroatoms. The van der Waals surface area contributed by atoms with Gasteiger partial charge in [-0.25, -0.2) is 4.98 Å². The van der Waals surface area contributed by atoms with Gasteiger partial charge in [-0.2, -0.15) is 0 Å². The van der Waals surface area contributed by atoms with Crippen LogP contribution in [0.2, 0.25) is 0 Å². The van der Waals surface area contributed by atoms with Gasteiger partial charge in [0.1, 0.15) is 5.82 Å². The van der Waals surface area contributed by atoms with E-state index in [1.807, 2.05) is 0 Å². The van der Waals surface area contributed by atoms with Crippen LogP contribution in [0, 0.1) is 13.8 Å². The predicted octanol–water partition coefficient (Wildman–Crippen LogP) is 16.0. The fraction of sp³-hybridized carbons (Fsp3) is 0.0484. The standard InChI is InChI=1S/C62H45N3/c1-42-25-31-46(32-26-42)62(47-33-27-43(2)28-34-47)56-22-12-11-20-52(56)53-38-37-50(41-57(53)62)64(49-35-29-45(30-36-49)44-15-5-3-6-16-44)59-40-39-55(51-19-9-10-21-54(51)59)61-63-58-23-13-14-24-60(58)65(61)48-17-7-4-8-18-48/h3-41H,1-2H3. The van der Waals surface area contributed by atoms with Crippen LogP contribution in [0.5, 0.6) is 0 Å². The van der Waals surface area contributed by atoms with E-state index >= 15 is 0 Å². The normalized spacial score (nSPS) is 12.6. The van der Waals surface area contributed by atoms with Crippen molar-refractivity contribution in [3.63, 3.8) is 0 Å². The molecule has 11 aromatic rings. The van der Waals surface area contributed by atoms with E-state index in [0.717, 1.165) is 55.9 Å². The monoisotopic (exact) mass is 831 g/mol. The average Bonchev–Trinajstić information content (AvgIpc) is 3.89. The topological polar surface area (TPSA) is 21.1 Å². The Hall–Kier alpha value is -8.27. The van der Waals surface area contributed by atoms with Crippen molar-refractivity contribution in [1.82, 2.24) is 9.55 Å². The molecule has 0 unspecified atom stereocenters. The third kappa shape index (κ3) is 6.23. The number of para-hydroxylation sites is 3. The number of benzene rings is 10. The predicted molar refractivity (Wildman–Crippen MR) is 271 cm³/mol. The van der Waals surface area contributed by atoms with Crippen LogP contribution in [-0.4, -0.2) is 9.55 Å². The lowest BCUT2D eigenvalue weighted by Crippen LogP contribution is -2.29. The molecule has 1 aliphatic carbocycles. The van der Waals surface area contributed by atoms with Gasteiger partial charge in [0.15, 0.2) is 0 Å². The zero-order valence-electron chi connectivity index (χ0n) is 36.4. The summed E-state index contributed by atoms with van der Waals surface area (Å²) in [5, 5.41) is 2.27. The van der Waals surface area contributed by atoms with Gasteiger partial charge in [-0.05, 0) is 124 Å². The fourth-order valence-corrected chi connectivity index (χ4v) is 10.4. The number of imidazole rings is 1. The Kier molecular flexibility index (Phi) is 9.17. The number of fused-ring (bicyclic) bond motifs is 5. The summed E-state index contributed by atoms with van der Waals surface area (Å²) >= 11 is 0. The molecule has 0 N–H and O–H groups in total. The minimum Gasteiger partial charge on any atom is -0.310 e. The fourth-order valence-electron chi connectivity index (χ4n) is 10.4. The van der Waals surface area contributed by atoms with Gasteiger partial charge in [0.2, 0.25) is 0 Å². The summed E-state index contributed by atoms with van der Waals surface area (Å²) in [5.74, 6) is 0.912. The highest BCUT2D eigenvalue weighted by molar-refractivity contribution is 6.06. The van der Waals surface area contributed by atoms with Crippen LogP contribution in [-0.2, 0) is 5.41 Å². The third-order valence-electron chi connectivity index (χ3n) is 13.4. The number of aryl methyl sites for hydroxylation is 2. The molecule has 0 radical (unpaired) electrons. The second-order valence-electron chi connectivity index (χ2n) is 17.3. The van der Waals surface area contributed by atoms with Crippen LogP contribution in [0.1, 0.15) is 33.4 Å². The zero-order valence-corrected chi connectivity index (χ0v) is 36.4. The molecule has 65 heavy (non-hydrogen) atoms. The van der Waals surface area contributed by atoms with Crippen LogP contribution < -0.4 is 4.90 Å². The van der Waals surface area contributed by atoms with E-state index in [2.05, 4.69) is 260 Å². The first-order valence-corrected chi connectivity index (χ1v) is 22.5. The summed E-state index contributed by atoms with van der Waals surface area (Å²) < 4.78 is 2.30. The molecule has 0 spiro atoms. The van der Waals surface area contributed by atoms with Crippen molar-refractivity contribution in [1.29, 1.82) is 0 Å². The van der Waals surface area contributed by atoms with E-state index in [4.69, 9.17) is 4.98 Å². The lowest BCUT2D eigenvalue weighted by molar-refractivity contribution is 0.767. The van der Waals surface area contributed by atoms with Gasteiger partial charge >= 0.3 is 0 Å². The van der Waals surface area contributed by atoms with Crippen molar-refractivity contribution in [3.05, 3.63) is 270 Å². The second-order valence-corrected chi connectivity index (χ2v) is 17.3. The highest BCUT2D eigenvalue weighted by atomic mass is 15.1. The number of nitrogens with zero attached hydrogens (tertiary/aromatic N) is 3. The van der Waals surface area contributed by atoms with Crippen LogP contribution in [0.15, 0.2) is 237 Å². The maximum absolute atomic E-state index is 5.33. The average molecular weight is 832 g/mol. The lowest BCUT2D eigenvalue weighted by atomic mass is 9.67. The molecule has 0 aliphatic heterocycles. The van der Waals surface area contributed by atoms with E-state index in [-0.39, 0.29) is 0 Å². The van der Waals surface area contributed by atoms with Crippen LogP contribution in [0.3, 0.4) is 0 Å². The largest absolute Gasteiger partial charge is 0.310 e. The summed E-state index contributed by atoms with van der Waals surface area (Å²) in [6, 6.07) is 86.6. The molecule has 0 atom stereocenters. The first-order valence-electron chi connectivity index (χ1n) is 22.5. The van der Waals surface area contributed by atoms with E-state index in [1.165, 1.54) is 55.6 Å². The summed E-state index contributed by atoms with van der Waals surface area (Å²) in [4.78, 5) is 7.79. The van der Waals surface area contributed by atoms with Crippen molar-refractivity contribution in [3.8, 4) is 39.3 Å². The van der Waals surface area contributed by atoms with Crippen LogP contribution in [0.25, 0.3) is 61.1 Å². The lowest BCUT2D eigenvalue weighted by Gasteiger charge is -2.35. The van der Waals surface area contributed by atoms with Crippen molar-refractivity contribution >= 4 is 38.9 Å². The van der Waals surface area contributed by atoms with Gasteiger partial charge < -0.3 is 4.90 Å². The highest BCUT2D eigenvalue weighted by Gasteiger charge is 2.46. The SMILES string of the molecule is Cc1ccc(C2(c3ccc(C)cc3)c3ccccc3-c3ccc(N(c4ccc(-c5ccccc5)cc4)c4ccc(-c5nc6ccccc6n5-c5ccccc5)c5ccccc45)cc32)cc1. The molecule has 10 aromatic carbocycles. The minimum absolute atomic E-state index is 0.547. The summed E-state index contributed by atoms with van der Waals surface area (Å²) in [6.45, 7) is 4.34. The Morgan fingerprint density at radius 1 is 0.415 bits per heavy atom. The van der Waals surface area contributed by atoms with E-state index in [9.17, 15) is 0 Å². The van der Waals surface area contributed by atoms with Gasteiger partial charge in [0, 0.05) is 28.0 Å². The smallest absolute Gasteiger partial charge is 0.146 e. The maximum atomic E-state index is 5.33. The Labute approximate surface area is 380 Å². The molecule has 1 aromatic heterocycles. The second kappa shape index (κ2) is 15.5. The van der Waals surface area contributed by atoms with Gasteiger partial charge in [0.25, 0.3) is 0 Å². The quantitative estimate of drug-likeness (QED) is 0.152. The molecule has 12 rings (SSSR count). The maximum Gasteiger partial charge on any atom is 0.146 e. The number of rotatable bonds is 8.